The van der Waals surface area contributed by atoms with Crippen molar-refractivity contribution in [2.75, 3.05) is 32.8 Å². The molecular weight excluding hydrogens is 392 g/mol. The molecule has 0 radical (unpaired) electrons. The lowest BCUT2D eigenvalue weighted by Crippen LogP contribution is -2.52. The minimum atomic E-state index is -0.291. The second-order valence-corrected chi connectivity index (χ2v) is 8.24. The topological polar surface area (TPSA) is 67.7 Å². The van der Waals surface area contributed by atoms with Crippen LogP contribution in [-0.4, -0.2) is 70.3 Å². The number of hydrogen-bond donors (Lipinski definition) is 0. The van der Waals surface area contributed by atoms with Gasteiger partial charge in [-0.05, 0) is 48.2 Å². The zero-order chi connectivity index (χ0) is 21.4. The van der Waals surface area contributed by atoms with Gasteiger partial charge in [0.2, 0.25) is 0 Å². The summed E-state index contributed by atoms with van der Waals surface area (Å²) in [7, 11) is 1.93. The standard InChI is InChI=1S/C24H26N4O3/c1-26-21-9-8-19(15-20(21)16-25-26)17-4-6-18(7-5-17)23(29)27-10-12-28(13-11-27)24(30)22-3-2-14-31-22/h4-9,15-16,22H,2-3,10-14H2,1H3/t22-/m0/s1. The fraction of sp³-hybridized carbons (Fsp3) is 0.375. The molecule has 31 heavy (non-hydrogen) atoms. The molecule has 2 aliphatic heterocycles. The Bertz CT molecular complexity index is 1110. The van der Waals surface area contributed by atoms with E-state index in [2.05, 4.69) is 23.3 Å². The molecule has 2 aromatic carbocycles. The van der Waals surface area contributed by atoms with E-state index in [0.29, 0.717) is 38.3 Å². The van der Waals surface area contributed by atoms with Crippen LogP contribution in [0.3, 0.4) is 0 Å². The Kier molecular flexibility index (Phi) is 5.19. The van der Waals surface area contributed by atoms with Gasteiger partial charge < -0.3 is 14.5 Å². The van der Waals surface area contributed by atoms with Gasteiger partial charge in [-0.15, -0.1) is 0 Å². The van der Waals surface area contributed by atoms with Gasteiger partial charge in [-0.3, -0.25) is 14.3 Å². The van der Waals surface area contributed by atoms with Crippen molar-refractivity contribution in [3.8, 4) is 11.1 Å². The number of carbonyl (C=O) groups is 2. The van der Waals surface area contributed by atoms with Crippen LogP contribution in [0.1, 0.15) is 23.2 Å². The maximum atomic E-state index is 12.9. The number of benzene rings is 2. The second kappa shape index (κ2) is 8.15. The molecule has 3 aromatic rings. The van der Waals surface area contributed by atoms with Crippen molar-refractivity contribution in [3.05, 3.63) is 54.2 Å². The number of hydrogen-bond acceptors (Lipinski definition) is 4. The lowest BCUT2D eigenvalue weighted by Gasteiger charge is -2.35. The van der Waals surface area contributed by atoms with Crippen molar-refractivity contribution in [2.24, 2.45) is 7.05 Å². The molecule has 2 aliphatic rings. The molecule has 2 fully saturated rings. The van der Waals surface area contributed by atoms with Gasteiger partial charge in [0.25, 0.3) is 11.8 Å². The van der Waals surface area contributed by atoms with Gasteiger partial charge >= 0.3 is 0 Å². The molecule has 7 heteroatoms. The molecule has 5 rings (SSSR count). The zero-order valence-electron chi connectivity index (χ0n) is 17.7. The van der Waals surface area contributed by atoms with E-state index in [4.69, 9.17) is 4.74 Å². The van der Waals surface area contributed by atoms with Gasteiger partial charge in [-0.1, -0.05) is 18.2 Å². The number of aryl methyl sites for hydroxylation is 1. The monoisotopic (exact) mass is 418 g/mol. The molecule has 0 saturated carbocycles. The number of rotatable bonds is 3. The van der Waals surface area contributed by atoms with Crippen molar-refractivity contribution in [1.82, 2.24) is 19.6 Å². The van der Waals surface area contributed by atoms with Crippen molar-refractivity contribution in [1.29, 1.82) is 0 Å². The van der Waals surface area contributed by atoms with Gasteiger partial charge in [-0.2, -0.15) is 5.10 Å². The van der Waals surface area contributed by atoms with E-state index in [0.717, 1.165) is 34.9 Å². The van der Waals surface area contributed by atoms with Gasteiger partial charge in [0.05, 0.1) is 11.7 Å². The first-order valence-corrected chi connectivity index (χ1v) is 10.8. The highest BCUT2D eigenvalue weighted by Gasteiger charge is 2.31. The first-order valence-electron chi connectivity index (χ1n) is 10.8. The smallest absolute Gasteiger partial charge is 0.253 e. The van der Waals surface area contributed by atoms with E-state index in [1.54, 1.807) is 0 Å². The highest BCUT2D eigenvalue weighted by atomic mass is 16.5. The average molecular weight is 418 g/mol. The molecule has 0 aliphatic carbocycles. The average Bonchev–Trinajstić information content (AvgIpc) is 3.49. The Morgan fingerprint density at radius 1 is 0.968 bits per heavy atom. The highest BCUT2D eigenvalue weighted by molar-refractivity contribution is 5.95. The second-order valence-electron chi connectivity index (χ2n) is 8.24. The van der Waals surface area contributed by atoms with E-state index >= 15 is 0 Å². The van der Waals surface area contributed by atoms with Crippen molar-refractivity contribution in [3.63, 3.8) is 0 Å². The third kappa shape index (κ3) is 3.81. The summed E-state index contributed by atoms with van der Waals surface area (Å²) in [5.74, 6) is 0.0815. The molecule has 2 amide bonds. The number of ether oxygens (including phenoxy) is 1. The highest BCUT2D eigenvalue weighted by Crippen LogP contribution is 2.25. The fourth-order valence-corrected chi connectivity index (χ4v) is 4.44. The van der Waals surface area contributed by atoms with Crippen LogP contribution in [0, 0.1) is 0 Å². The normalized spacial score (nSPS) is 19.2. The molecule has 0 unspecified atom stereocenters. The Morgan fingerprint density at radius 3 is 2.39 bits per heavy atom. The fourth-order valence-electron chi connectivity index (χ4n) is 4.44. The number of piperazine rings is 1. The quantitative estimate of drug-likeness (QED) is 0.656. The zero-order valence-corrected chi connectivity index (χ0v) is 17.7. The number of nitrogens with zero attached hydrogens (tertiary/aromatic N) is 4. The van der Waals surface area contributed by atoms with E-state index in [-0.39, 0.29) is 17.9 Å². The molecule has 1 atom stereocenters. The predicted octanol–water partition coefficient (Wildman–Crippen LogP) is 2.70. The third-order valence-corrected chi connectivity index (χ3v) is 6.30. The van der Waals surface area contributed by atoms with Crippen LogP contribution in [0.4, 0.5) is 0 Å². The van der Waals surface area contributed by atoms with E-state index in [9.17, 15) is 9.59 Å². The minimum Gasteiger partial charge on any atom is -0.368 e. The maximum absolute atomic E-state index is 12.9. The number of carbonyl (C=O) groups excluding carboxylic acids is 2. The lowest BCUT2D eigenvalue weighted by atomic mass is 10.0. The van der Waals surface area contributed by atoms with Crippen LogP contribution >= 0.6 is 0 Å². The van der Waals surface area contributed by atoms with Crippen molar-refractivity contribution in [2.45, 2.75) is 18.9 Å². The summed E-state index contributed by atoms with van der Waals surface area (Å²) in [5, 5.41) is 5.39. The van der Waals surface area contributed by atoms with E-state index < -0.39 is 0 Å². The number of fused-ring (bicyclic) bond motifs is 1. The summed E-state index contributed by atoms with van der Waals surface area (Å²) in [6, 6.07) is 14.0. The van der Waals surface area contributed by atoms with Gasteiger partial charge in [-0.25, -0.2) is 0 Å². The molecule has 7 nitrogen and oxygen atoms in total. The SMILES string of the molecule is Cn1ncc2cc(-c3ccc(C(=O)N4CCN(C(=O)[C@@H]5CCCO5)CC4)cc3)ccc21. The molecule has 0 N–H and O–H groups in total. The Morgan fingerprint density at radius 2 is 1.68 bits per heavy atom. The van der Waals surface area contributed by atoms with Crippen LogP contribution in [0.25, 0.3) is 22.0 Å². The largest absolute Gasteiger partial charge is 0.368 e. The molecule has 160 valence electrons. The number of aromatic nitrogens is 2. The molecule has 0 spiro atoms. The molecule has 1 aromatic heterocycles. The first-order chi connectivity index (χ1) is 15.1. The lowest BCUT2D eigenvalue weighted by molar-refractivity contribution is -0.142. The summed E-state index contributed by atoms with van der Waals surface area (Å²) in [6.45, 7) is 2.90. The van der Waals surface area contributed by atoms with Crippen molar-refractivity contribution >= 4 is 22.7 Å². The van der Waals surface area contributed by atoms with Gasteiger partial charge in [0.15, 0.2) is 0 Å². The summed E-state index contributed by atoms with van der Waals surface area (Å²) in [4.78, 5) is 29.1. The van der Waals surface area contributed by atoms with Crippen LogP contribution in [0.15, 0.2) is 48.7 Å². The number of amides is 2. The molecule has 3 heterocycles. The first kappa shape index (κ1) is 19.8. The Labute approximate surface area is 181 Å². The van der Waals surface area contributed by atoms with Crippen LogP contribution < -0.4 is 0 Å². The minimum absolute atomic E-state index is 0.0125. The van der Waals surface area contributed by atoms with Crippen LogP contribution in [0.5, 0.6) is 0 Å². The predicted molar refractivity (Wildman–Crippen MR) is 118 cm³/mol. The van der Waals surface area contributed by atoms with Crippen LogP contribution in [0.2, 0.25) is 0 Å². The molecule has 0 bridgehead atoms. The Hall–Kier alpha value is -3.19. The summed E-state index contributed by atoms with van der Waals surface area (Å²) in [6.07, 6.45) is 3.32. The van der Waals surface area contributed by atoms with Crippen LogP contribution in [-0.2, 0) is 16.6 Å². The Balaban J connectivity index is 1.23. The summed E-state index contributed by atoms with van der Waals surface area (Å²) in [5.41, 5.74) is 3.92. The maximum Gasteiger partial charge on any atom is 0.253 e. The van der Waals surface area contributed by atoms with Crippen molar-refractivity contribution < 1.29 is 14.3 Å². The van der Waals surface area contributed by atoms with E-state index in [1.165, 1.54) is 0 Å². The van der Waals surface area contributed by atoms with Gasteiger partial charge in [0.1, 0.15) is 6.10 Å². The summed E-state index contributed by atoms with van der Waals surface area (Å²) < 4.78 is 7.36. The van der Waals surface area contributed by atoms with E-state index in [1.807, 2.05) is 52.0 Å². The van der Waals surface area contributed by atoms with Gasteiger partial charge in [0, 0.05) is 50.8 Å². The summed E-state index contributed by atoms with van der Waals surface area (Å²) >= 11 is 0. The third-order valence-electron chi connectivity index (χ3n) is 6.30. The molecule has 2 saturated heterocycles. The molecular formula is C24H26N4O3.